The Morgan fingerprint density at radius 3 is 1.94 bits per heavy atom. The SMILES string of the molecule is CCCC(CO)(CO)CCS(=O)(=O)C(C)C. The molecule has 2 N–H and O–H groups in total. The Morgan fingerprint density at radius 2 is 1.62 bits per heavy atom. The van der Waals surface area contributed by atoms with E-state index in [0.29, 0.717) is 12.8 Å². The Bertz CT molecular complexity index is 278. The maximum atomic E-state index is 11.6. The third-order valence-corrected chi connectivity index (χ3v) is 5.30. The van der Waals surface area contributed by atoms with Crippen molar-refractivity contribution < 1.29 is 18.6 Å². The Labute approximate surface area is 98.6 Å². The molecule has 0 unspecified atom stereocenters. The molecule has 0 rings (SSSR count). The van der Waals surface area contributed by atoms with E-state index in [1.807, 2.05) is 6.92 Å². The quantitative estimate of drug-likeness (QED) is 0.675. The largest absolute Gasteiger partial charge is 0.396 e. The van der Waals surface area contributed by atoms with Crippen molar-refractivity contribution in [2.24, 2.45) is 5.41 Å². The van der Waals surface area contributed by atoms with Crippen LogP contribution in [-0.4, -0.2) is 42.8 Å². The monoisotopic (exact) mass is 252 g/mol. The molecule has 0 aromatic carbocycles. The van der Waals surface area contributed by atoms with Gasteiger partial charge in [-0.05, 0) is 26.7 Å². The molecule has 0 bridgehead atoms. The first kappa shape index (κ1) is 15.9. The molecule has 0 spiro atoms. The second-order valence-corrected chi connectivity index (χ2v) is 7.41. The van der Waals surface area contributed by atoms with Crippen LogP contribution in [-0.2, 0) is 9.84 Å². The molecule has 5 heteroatoms. The Hall–Kier alpha value is -0.130. The molecular formula is C11H24O4S. The van der Waals surface area contributed by atoms with E-state index in [1.54, 1.807) is 13.8 Å². The van der Waals surface area contributed by atoms with Crippen LogP contribution in [0.15, 0.2) is 0 Å². The van der Waals surface area contributed by atoms with Crippen molar-refractivity contribution in [1.29, 1.82) is 0 Å². The first-order valence-electron chi connectivity index (χ1n) is 5.77. The number of aliphatic hydroxyl groups excluding tert-OH is 2. The van der Waals surface area contributed by atoms with Crippen LogP contribution in [0.3, 0.4) is 0 Å². The van der Waals surface area contributed by atoms with E-state index in [-0.39, 0.29) is 19.0 Å². The van der Waals surface area contributed by atoms with Crippen LogP contribution in [0.2, 0.25) is 0 Å². The third kappa shape index (κ3) is 4.39. The average Bonchev–Trinajstić information content (AvgIpc) is 2.24. The van der Waals surface area contributed by atoms with Gasteiger partial charge in [-0.25, -0.2) is 8.42 Å². The van der Waals surface area contributed by atoms with Crippen LogP contribution in [0.4, 0.5) is 0 Å². The minimum Gasteiger partial charge on any atom is -0.396 e. The summed E-state index contributed by atoms with van der Waals surface area (Å²) in [4.78, 5) is 0. The molecule has 0 fully saturated rings. The molecule has 0 saturated heterocycles. The highest BCUT2D eigenvalue weighted by Crippen LogP contribution is 2.28. The van der Waals surface area contributed by atoms with Gasteiger partial charge < -0.3 is 10.2 Å². The lowest BCUT2D eigenvalue weighted by Crippen LogP contribution is -2.33. The van der Waals surface area contributed by atoms with Crippen molar-refractivity contribution in [3.63, 3.8) is 0 Å². The van der Waals surface area contributed by atoms with Crippen LogP contribution in [0, 0.1) is 5.41 Å². The summed E-state index contributed by atoms with van der Waals surface area (Å²) in [5.74, 6) is 0.0335. The van der Waals surface area contributed by atoms with Crippen molar-refractivity contribution in [2.45, 2.75) is 45.3 Å². The van der Waals surface area contributed by atoms with Gasteiger partial charge in [-0.15, -0.1) is 0 Å². The molecular weight excluding hydrogens is 228 g/mol. The summed E-state index contributed by atoms with van der Waals surface area (Å²) < 4.78 is 23.3. The van der Waals surface area contributed by atoms with E-state index < -0.39 is 20.5 Å². The number of sulfone groups is 1. The Balaban J connectivity index is 4.55. The lowest BCUT2D eigenvalue weighted by Gasteiger charge is -2.29. The number of hydrogen-bond donors (Lipinski definition) is 2. The normalized spacial score (nSPS) is 13.4. The van der Waals surface area contributed by atoms with Crippen molar-refractivity contribution >= 4 is 9.84 Å². The summed E-state index contributed by atoms with van der Waals surface area (Å²) in [6, 6.07) is 0. The zero-order valence-electron chi connectivity index (χ0n) is 10.4. The Kier molecular flexibility index (Phi) is 6.51. The molecule has 4 nitrogen and oxygen atoms in total. The molecule has 0 amide bonds. The fraction of sp³-hybridized carbons (Fsp3) is 1.00. The lowest BCUT2D eigenvalue weighted by molar-refractivity contribution is 0.0439. The second kappa shape index (κ2) is 6.57. The number of hydrogen-bond acceptors (Lipinski definition) is 4. The molecule has 0 saturated carbocycles. The molecule has 16 heavy (non-hydrogen) atoms. The van der Waals surface area contributed by atoms with Crippen molar-refractivity contribution in [3.05, 3.63) is 0 Å². The smallest absolute Gasteiger partial charge is 0.152 e. The highest BCUT2D eigenvalue weighted by Gasteiger charge is 2.30. The average molecular weight is 252 g/mol. The molecule has 98 valence electrons. The van der Waals surface area contributed by atoms with Crippen LogP contribution < -0.4 is 0 Å². The highest BCUT2D eigenvalue weighted by molar-refractivity contribution is 7.91. The molecule has 0 atom stereocenters. The predicted octanol–water partition coefficient (Wildman–Crippen LogP) is 0.971. The molecule has 0 heterocycles. The van der Waals surface area contributed by atoms with E-state index in [9.17, 15) is 18.6 Å². The van der Waals surface area contributed by atoms with Gasteiger partial charge in [0.2, 0.25) is 0 Å². The summed E-state index contributed by atoms with van der Waals surface area (Å²) >= 11 is 0. The van der Waals surface area contributed by atoms with Crippen LogP contribution in [0.5, 0.6) is 0 Å². The van der Waals surface area contributed by atoms with Gasteiger partial charge in [0.25, 0.3) is 0 Å². The standard InChI is InChI=1S/C11H24O4S/c1-4-5-11(8-12,9-13)6-7-16(14,15)10(2)3/h10,12-13H,4-9H2,1-3H3. The van der Waals surface area contributed by atoms with E-state index in [0.717, 1.165) is 6.42 Å². The van der Waals surface area contributed by atoms with Gasteiger partial charge in [-0.2, -0.15) is 0 Å². The summed E-state index contributed by atoms with van der Waals surface area (Å²) in [7, 11) is -3.09. The van der Waals surface area contributed by atoms with Crippen LogP contribution >= 0.6 is 0 Å². The lowest BCUT2D eigenvalue weighted by atomic mass is 9.82. The Morgan fingerprint density at radius 1 is 1.12 bits per heavy atom. The summed E-state index contributed by atoms with van der Waals surface area (Å²) in [6.45, 7) is 4.93. The highest BCUT2D eigenvalue weighted by atomic mass is 32.2. The molecule has 0 aromatic rings. The maximum Gasteiger partial charge on any atom is 0.152 e. The second-order valence-electron chi connectivity index (χ2n) is 4.73. The van der Waals surface area contributed by atoms with Crippen molar-refractivity contribution in [2.75, 3.05) is 19.0 Å². The van der Waals surface area contributed by atoms with E-state index >= 15 is 0 Å². The minimum absolute atomic E-state index is 0.0335. The number of rotatable bonds is 8. The fourth-order valence-corrected chi connectivity index (χ4v) is 2.80. The van der Waals surface area contributed by atoms with Crippen molar-refractivity contribution in [1.82, 2.24) is 0 Å². The van der Waals surface area contributed by atoms with E-state index in [4.69, 9.17) is 0 Å². The van der Waals surface area contributed by atoms with Gasteiger partial charge in [0, 0.05) is 5.41 Å². The topological polar surface area (TPSA) is 74.6 Å². The zero-order chi connectivity index (χ0) is 12.8. The number of aliphatic hydroxyl groups is 2. The minimum atomic E-state index is -3.09. The summed E-state index contributed by atoms with van der Waals surface area (Å²) in [6.07, 6.45) is 1.80. The maximum absolute atomic E-state index is 11.6. The molecule has 0 aliphatic heterocycles. The van der Waals surface area contributed by atoms with Crippen LogP contribution in [0.25, 0.3) is 0 Å². The fourth-order valence-electron chi connectivity index (χ4n) is 1.62. The third-order valence-electron chi connectivity index (χ3n) is 3.09. The molecule has 0 aromatic heterocycles. The van der Waals surface area contributed by atoms with Gasteiger partial charge in [0.05, 0.1) is 24.2 Å². The zero-order valence-corrected chi connectivity index (χ0v) is 11.3. The van der Waals surface area contributed by atoms with Gasteiger partial charge >= 0.3 is 0 Å². The van der Waals surface area contributed by atoms with E-state index in [2.05, 4.69) is 0 Å². The first-order valence-corrected chi connectivity index (χ1v) is 7.48. The summed E-state index contributed by atoms with van der Waals surface area (Å²) in [5, 5.41) is 18.2. The van der Waals surface area contributed by atoms with Crippen molar-refractivity contribution in [3.8, 4) is 0 Å². The van der Waals surface area contributed by atoms with Gasteiger partial charge in [-0.3, -0.25) is 0 Å². The summed E-state index contributed by atoms with van der Waals surface area (Å²) in [5.41, 5.74) is -0.642. The van der Waals surface area contributed by atoms with Crippen LogP contribution in [0.1, 0.15) is 40.0 Å². The predicted molar refractivity (Wildman–Crippen MR) is 65.1 cm³/mol. The van der Waals surface area contributed by atoms with E-state index in [1.165, 1.54) is 0 Å². The van der Waals surface area contributed by atoms with Gasteiger partial charge in [0.1, 0.15) is 0 Å². The first-order chi connectivity index (χ1) is 7.33. The van der Waals surface area contributed by atoms with Gasteiger partial charge in [0.15, 0.2) is 9.84 Å². The molecule has 0 radical (unpaired) electrons. The molecule has 0 aliphatic rings. The van der Waals surface area contributed by atoms with Gasteiger partial charge in [-0.1, -0.05) is 13.3 Å². The molecule has 0 aliphatic carbocycles.